The zero-order chi connectivity index (χ0) is 20.5. The number of nitriles is 1. The molecule has 4 rings (SSSR count). The highest BCUT2D eigenvalue weighted by Crippen LogP contribution is 2.23. The number of nitrogens with zero attached hydrogens (tertiary/aromatic N) is 4. The van der Waals surface area contributed by atoms with Crippen LogP contribution in [0.15, 0.2) is 54.6 Å². The molecule has 0 aliphatic carbocycles. The maximum Gasteiger partial charge on any atom is 0.258 e. The van der Waals surface area contributed by atoms with Crippen LogP contribution in [-0.2, 0) is 0 Å². The van der Waals surface area contributed by atoms with Crippen LogP contribution in [0.25, 0.3) is 16.7 Å². The van der Waals surface area contributed by atoms with Gasteiger partial charge in [-0.1, -0.05) is 17.7 Å². The van der Waals surface area contributed by atoms with E-state index in [9.17, 15) is 9.18 Å². The SMILES string of the molecule is Cc1ccc(-n2nc3cc(C)c(NC(=O)c4ccc(C#N)cc4F)cc3n2)cc1. The smallest absolute Gasteiger partial charge is 0.258 e. The molecule has 0 atom stereocenters. The van der Waals surface area contributed by atoms with Crippen LogP contribution in [0, 0.1) is 31.0 Å². The molecule has 4 aromatic rings. The summed E-state index contributed by atoms with van der Waals surface area (Å²) in [6.45, 7) is 3.83. The van der Waals surface area contributed by atoms with Crippen molar-refractivity contribution in [1.29, 1.82) is 5.26 Å². The molecule has 142 valence electrons. The van der Waals surface area contributed by atoms with Crippen LogP contribution >= 0.6 is 0 Å². The topological polar surface area (TPSA) is 83.6 Å². The number of amides is 1. The number of anilines is 1. The molecular weight excluding hydrogens is 369 g/mol. The van der Waals surface area contributed by atoms with E-state index >= 15 is 0 Å². The average molecular weight is 385 g/mol. The number of nitrogens with one attached hydrogen (secondary N) is 1. The molecular formula is C22H16FN5O. The number of hydrogen-bond acceptors (Lipinski definition) is 4. The van der Waals surface area contributed by atoms with E-state index in [0.29, 0.717) is 16.7 Å². The maximum absolute atomic E-state index is 14.1. The summed E-state index contributed by atoms with van der Waals surface area (Å²) >= 11 is 0. The predicted octanol–water partition coefficient (Wildman–Crippen LogP) is 4.30. The average Bonchev–Trinajstić information content (AvgIpc) is 3.11. The summed E-state index contributed by atoms with van der Waals surface area (Å²) in [7, 11) is 0. The summed E-state index contributed by atoms with van der Waals surface area (Å²) in [5.41, 5.74) is 4.57. The summed E-state index contributed by atoms with van der Waals surface area (Å²) in [5.74, 6) is -1.34. The van der Waals surface area contributed by atoms with Crippen LogP contribution in [-0.4, -0.2) is 20.9 Å². The van der Waals surface area contributed by atoms with Gasteiger partial charge in [-0.15, -0.1) is 10.2 Å². The van der Waals surface area contributed by atoms with Crippen molar-refractivity contribution in [2.24, 2.45) is 0 Å². The van der Waals surface area contributed by atoms with E-state index in [2.05, 4.69) is 15.5 Å². The number of fused-ring (bicyclic) bond motifs is 1. The molecule has 1 heterocycles. The second-order valence-corrected chi connectivity index (χ2v) is 6.74. The first-order valence-corrected chi connectivity index (χ1v) is 8.90. The predicted molar refractivity (Wildman–Crippen MR) is 107 cm³/mol. The van der Waals surface area contributed by atoms with Gasteiger partial charge in [-0.3, -0.25) is 4.79 Å². The first-order valence-electron chi connectivity index (χ1n) is 8.90. The Labute approximate surface area is 166 Å². The molecule has 0 saturated heterocycles. The second kappa shape index (κ2) is 7.17. The standard InChI is InChI=1S/C22H16FN5O/c1-13-3-6-16(7-4-13)28-26-20-9-14(2)19(11-21(20)27-28)25-22(29)17-8-5-15(12-24)10-18(17)23/h3-11H,1-2H3,(H,25,29). The van der Waals surface area contributed by atoms with Crippen molar-refractivity contribution in [3.05, 3.63) is 82.7 Å². The van der Waals surface area contributed by atoms with Crippen LogP contribution in [0.1, 0.15) is 27.0 Å². The molecule has 1 aromatic heterocycles. The Morgan fingerprint density at radius 2 is 1.72 bits per heavy atom. The highest BCUT2D eigenvalue weighted by Gasteiger charge is 2.15. The summed E-state index contributed by atoms with van der Waals surface area (Å²) < 4.78 is 14.1. The Morgan fingerprint density at radius 3 is 2.38 bits per heavy atom. The normalized spacial score (nSPS) is 10.7. The quantitative estimate of drug-likeness (QED) is 0.570. The van der Waals surface area contributed by atoms with Crippen molar-refractivity contribution < 1.29 is 9.18 Å². The van der Waals surface area contributed by atoms with Gasteiger partial charge in [-0.2, -0.15) is 10.1 Å². The Morgan fingerprint density at radius 1 is 1.03 bits per heavy atom. The zero-order valence-corrected chi connectivity index (χ0v) is 15.8. The first-order chi connectivity index (χ1) is 13.9. The van der Waals surface area contributed by atoms with Crippen LogP contribution in [0.4, 0.5) is 10.1 Å². The number of carbonyl (C=O) groups excluding carboxylic acids is 1. The summed E-state index contributed by atoms with van der Waals surface area (Å²) in [4.78, 5) is 14.0. The molecule has 1 N–H and O–H groups in total. The van der Waals surface area contributed by atoms with Gasteiger partial charge in [0.15, 0.2) is 0 Å². The molecule has 0 bridgehead atoms. The van der Waals surface area contributed by atoms with Crippen LogP contribution in [0.2, 0.25) is 0 Å². The fourth-order valence-electron chi connectivity index (χ4n) is 2.95. The van der Waals surface area contributed by atoms with Crippen molar-refractivity contribution in [2.45, 2.75) is 13.8 Å². The van der Waals surface area contributed by atoms with Gasteiger partial charge in [0.2, 0.25) is 0 Å². The van der Waals surface area contributed by atoms with E-state index in [1.165, 1.54) is 16.9 Å². The number of rotatable bonds is 3. The number of aryl methyl sites for hydroxylation is 2. The van der Waals surface area contributed by atoms with Crippen molar-refractivity contribution >= 4 is 22.6 Å². The van der Waals surface area contributed by atoms with Gasteiger partial charge >= 0.3 is 0 Å². The van der Waals surface area contributed by atoms with Gasteiger partial charge in [0, 0.05) is 5.69 Å². The highest BCUT2D eigenvalue weighted by molar-refractivity contribution is 6.05. The van der Waals surface area contributed by atoms with E-state index < -0.39 is 11.7 Å². The molecule has 0 unspecified atom stereocenters. The third kappa shape index (κ3) is 3.56. The lowest BCUT2D eigenvalue weighted by Gasteiger charge is -2.09. The van der Waals surface area contributed by atoms with E-state index in [1.807, 2.05) is 50.2 Å². The van der Waals surface area contributed by atoms with Crippen molar-refractivity contribution in [3.8, 4) is 11.8 Å². The summed E-state index contributed by atoms with van der Waals surface area (Å²) in [5, 5.41) is 20.5. The third-order valence-corrected chi connectivity index (χ3v) is 4.58. The lowest BCUT2D eigenvalue weighted by Crippen LogP contribution is -2.14. The molecule has 7 heteroatoms. The Balaban J connectivity index is 1.66. The monoisotopic (exact) mass is 385 g/mol. The van der Waals surface area contributed by atoms with Gasteiger partial charge in [-0.05, 0) is 61.9 Å². The molecule has 1 amide bonds. The number of halogens is 1. The molecule has 29 heavy (non-hydrogen) atoms. The minimum Gasteiger partial charge on any atom is -0.322 e. The van der Waals surface area contributed by atoms with Gasteiger partial charge in [0.25, 0.3) is 5.91 Å². The molecule has 0 fully saturated rings. The largest absolute Gasteiger partial charge is 0.322 e. The molecule has 0 aliphatic heterocycles. The van der Waals surface area contributed by atoms with Crippen LogP contribution in [0.3, 0.4) is 0 Å². The molecule has 0 radical (unpaired) electrons. The minimum atomic E-state index is -0.745. The van der Waals surface area contributed by atoms with E-state index in [4.69, 9.17) is 5.26 Å². The van der Waals surface area contributed by atoms with E-state index in [-0.39, 0.29) is 11.1 Å². The minimum absolute atomic E-state index is 0.133. The molecule has 6 nitrogen and oxygen atoms in total. The number of benzene rings is 3. The second-order valence-electron chi connectivity index (χ2n) is 6.74. The van der Waals surface area contributed by atoms with E-state index in [1.54, 1.807) is 6.07 Å². The summed E-state index contributed by atoms with van der Waals surface area (Å²) in [6.07, 6.45) is 0. The van der Waals surface area contributed by atoms with Crippen molar-refractivity contribution in [3.63, 3.8) is 0 Å². The fourth-order valence-corrected chi connectivity index (χ4v) is 2.95. The molecule has 0 aliphatic rings. The van der Waals surface area contributed by atoms with Crippen molar-refractivity contribution in [2.75, 3.05) is 5.32 Å². The van der Waals surface area contributed by atoms with Crippen LogP contribution < -0.4 is 5.32 Å². The lowest BCUT2D eigenvalue weighted by molar-refractivity contribution is 0.102. The lowest BCUT2D eigenvalue weighted by atomic mass is 10.1. The number of hydrogen-bond donors (Lipinski definition) is 1. The van der Waals surface area contributed by atoms with Gasteiger partial charge < -0.3 is 5.32 Å². The Bertz CT molecular complexity index is 1290. The summed E-state index contributed by atoms with van der Waals surface area (Å²) in [6, 6.07) is 16.9. The Kier molecular flexibility index (Phi) is 4.53. The van der Waals surface area contributed by atoms with Gasteiger partial charge in [-0.25, -0.2) is 4.39 Å². The molecule has 0 saturated carbocycles. The van der Waals surface area contributed by atoms with E-state index in [0.717, 1.165) is 22.9 Å². The molecule has 0 spiro atoms. The number of carbonyl (C=O) groups is 1. The van der Waals surface area contributed by atoms with Gasteiger partial charge in [0.05, 0.1) is 22.9 Å². The third-order valence-electron chi connectivity index (χ3n) is 4.58. The fraction of sp³-hybridized carbons (Fsp3) is 0.0909. The first kappa shape index (κ1) is 18.3. The van der Waals surface area contributed by atoms with Gasteiger partial charge in [0.1, 0.15) is 16.9 Å². The Hall–Kier alpha value is -4.05. The zero-order valence-electron chi connectivity index (χ0n) is 15.8. The number of aromatic nitrogens is 3. The van der Waals surface area contributed by atoms with Crippen LogP contribution in [0.5, 0.6) is 0 Å². The van der Waals surface area contributed by atoms with Crippen molar-refractivity contribution in [1.82, 2.24) is 15.0 Å². The highest BCUT2D eigenvalue weighted by atomic mass is 19.1. The molecule has 3 aromatic carbocycles. The maximum atomic E-state index is 14.1.